The quantitative estimate of drug-likeness (QED) is 0.510. The van der Waals surface area contributed by atoms with Crippen molar-refractivity contribution in [2.75, 3.05) is 20.3 Å². The second-order valence-corrected chi connectivity index (χ2v) is 6.16. The van der Waals surface area contributed by atoms with Gasteiger partial charge in [-0.25, -0.2) is 4.98 Å². The monoisotopic (exact) mass is 361 g/mol. The van der Waals surface area contributed by atoms with Crippen molar-refractivity contribution in [3.8, 4) is 17.0 Å². The Bertz CT molecular complexity index is 1120. The molecule has 3 N–H and O–H groups in total. The van der Waals surface area contributed by atoms with E-state index in [2.05, 4.69) is 15.3 Å². The molecule has 0 unspecified atom stereocenters. The zero-order chi connectivity index (χ0) is 18.8. The van der Waals surface area contributed by atoms with E-state index in [1.807, 2.05) is 48.5 Å². The van der Waals surface area contributed by atoms with Gasteiger partial charge in [-0.3, -0.25) is 4.79 Å². The molecule has 0 radical (unpaired) electrons. The van der Waals surface area contributed by atoms with Crippen LogP contribution in [0.2, 0.25) is 0 Å². The lowest BCUT2D eigenvalue weighted by Gasteiger charge is -2.08. The summed E-state index contributed by atoms with van der Waals surface area (Å²) >= 11 is 0. The van der Waals surface area contributed by atoms with Crippen LogP contribution in [0, 0.1) is 0 Å². The van der Waals surface area contributed by atoms with Crippen LogP contribution >= 0.6 is 0 Å². The van der Waals surface area contributed by atoms with Crippen LogP contribution in [0.25, 0.3) is 33.1 Å². The predicted molar refractivity (Wildman–Crippen MR) is 105 cm³/mol. The molecule has 1 amide bonds. The van der Waals surface area contributed by atoms with Crippen LogP contribution in [0.5, 0.6) is 5.75 Å². The first-order valence-electron chi connectivity index (χ1n) is 8.66. The first kappa shape index (κ1) is 17.1. The number of carbonyl (C=O) groups is 1. The Kier molecular flexibility index (Phi) is 4.48. The summed E-state index contributed by atoms with van der Waals surface area (Å²) in [5.74, 6) is 0.439. The van der Waals surface area contributed by atoms with Gasteiger partial charge in [0.25, 0.3) is 5.91 Å². The molecule has 2 aromatic carbocycles. The topological polar surface area (TPSA) is 87.2 Å². The van der Waals surface area contributed by atoms with Crippen molar-refractivity contribution < 1.29 is 14.6 Å². The summed E-state index contributed by atoms with van der Waals surface area (Å²) < 4.78 is 5.23. The van der Waals surface area contributed by atoms with E-state index >= 15 is 0 Å². The number of hydrogen-bond acceptors (Lipinski definition) is 4. The summed E-state index contributed by atoms with van der Waals surface area (Å²) in [6, 6.07) is 17.3. The average Bonchev–Trinajstić information content (AvgIpc) is 3.10. The van der Waals surface area contributed by atoms with E-state index in [9.17, 15) is 4.79 Å². The average molecular weight is 361 g/mol. The Morgan fingerprint density at radius 1 is 1.15 bits per heavy atom. The molecule has 6 nitrogen and oxygen atoms in total. The van der Waals surface area contributed by atoms with E-state index in [0.717, 1.165) is 33.1 Å². The fourth-order valence-corrected chi connectivity index (χ4v) is 3.18. The number of aliphatic hydroxyl groups is 1. The molecule has 4 rings (SSSR count). The molecule has 4 aromatic rings. The summed E-state index contributed by atoms with van der Waals surface area (Å²) in [5.41, 5.74) is 3.74. The Labute approximate surface area is 155 Å². The van der Waals surface area contributed by atoms with Crippen molar-refractivity contribution in [3.63, 3.8) is 0 Å². The highest BCUT2D eigenvalue weighted by Crippen LogP contribution is 2.33. The Morgan fingerprint density at radius 2 is 1.93 bits per heavy atom. The van der Waals surface area contributed by atoms with E-state index in [1.165, 1.54) is 0 Å². The van der Waals surface area contributed by atoms with Gasteiger partial charge < -0.3 is 20.1 Å². The molecule has 0 fully saturated rings. The van der Waals surface area contributed by atoms with Crippen LogP contribution < -0.4 is 10.1 Å². The van der Waals surface area contributed by atoms with Gasteiger partial charge in [0.15, 0.2) is 0 Å². The summed E-state index contributed by atoms with van der Waals surface area (Å²) in [7, 11) is 1.62. The zero-order valence-corrected chi connectivity index (χ0v) is 14.8. The number of aromatic nitrogens is 2. The smallest absolute Gasteiger partial charge is 0.270 e. The number of rotatable bonds is 5. The van der Waals surface area contributed by atoms with Gasteiger partial charge in [-0.05, 0) is 36.4 Å². The van der Waals surface area contributed by atoms with Gasteiger partial charge in [0, 0.05) is 28.4 Å². The number of nitrogens with one attached hydrogen (secondary N) is 2. The van der Waals surface area contributed by atoms with Crippen LogP contribution in [0.15, 0.2) is 54.6 Å². The van der Waals surface area contributed by atoms with Crippen molar-refractivity contribution >= 4 is 27.7 Å². The number of carbonyl (C=O) groups excluding carboxylic acids is 1. The molecule has 136 valence electrons. The number of methoxy groups -OCH3 is 1. The number of ether oxygens (including phenoxy) is 1. The van der Waals surface area contributed by atoms with Gasteiger partial charge >= 0.3 is 0 Å². The zero-order valence-electron chi connectivity index (χ0n) is 14.8. The maximum absolute atomic E-state index is 12.5. The summed E-state index contributed by atoms with van der Waals surface area (Å²) in [4.78, 5) is 20.5. The van der Waals surface area contributed by atoms with Crippen LogP contribution in [0.1, 0.15) is 10.5 Å². The molecule has 0 aliphatic carbocycles. The van der Waals surface area contributed by atoms with Gasteiger partial charge in [0.05, 0.1) is 24.9 Å². The highest BCUT2D eigenvalue weighted by Gasteiger charge is 2.16. The molecule has 0 saturated carbocycles. The summed E-state index contributed by atoms with van der Waals surface area (Å²) in [5, 5.41) is 13.6. The number of aromatic amines is 1. The predicted octanol–water partition coefficient (Wildman–Crippen LogP) is 3.11. The second-order valence-electron chi connectivity index (χ2n) is 6.16. The lowest BCUT2D eigenvalue weighted by molar-refractivity contribution is 0.0940. The van der Waals surface area contributed by atoms with E-state index in [1.54, 1.807) is 13.2 Å². The number of fused-ring (bicyclic) bond motifs is 3. The number of aliphatic hydroxyl groups excluding tert-OH is 1. The van der Waals surface area contributed by atoms with Crippen LogP contribution in [-0.2, 0) is 0 Å². The highest BCUT2D eigenvalue weighted by molar-refractivity contribution is 6.13. The van der Waals surface area contributed by atoms with Gasteiger partial charge in [-0.1, -0.05) is 18.2 Å². The number of amides is 1. The van der Waals surface area contributed by atoms with Crippen LogP contribution in [0.3, 0.4) is 0 Å². The first-order chi connectivity index (χ1) is 13.2. The van der Waals surface area contributed by atoms with E-state index in [4.69, 9.17) is 9.84 Å². The highest BCUT2D eigenvalue weighted by atomic mass is 16.5. The van der Waals surface area contributed by atoms with E-state index < -0.39 is 0 Å². The Balaban J connectivity index is 1.95. The van der Waals surface area contributed by atoms with Crippen LogP contribution in [-0.4, -0.2) is 41.2 Å². The molecule has 2 heterocycles. The van der Waals surface area contributed by atoms with Crippen molar-refractivity contribution in [1.82, 2.24) is 15.3 Å². The molecule has 2 aromatic heterocycles. The van der Waals surface area contributed by atoms with Crippen LogP contribution in [0.4, 0.5) is 0 Å². The first-order valence-corrected chi connectivity index (χ1v) is 8.66. The number of H-pyrrole nitrogens is 1. The molecule has 0 atom stereocenters. The van der Waals surface area contributed by atoms with Crippen molar-refractivity contribution in [2.24, 2.45) is 0 Å². The third kappa shape index (κ3) is 3.11. The Hall–Kier alpha value is -3.38. The van der Waals surface area contributed by atoms with E-state index in [0.29, 0.717) is 11.4 Å². The summed E-state index contributed by atoms with van der Waals surface area (Å²) in [6.07, 6.45) is 0. The molecular formula is C21H19N3O3. The third-order valence-electron chi connectivity index (χ3n) is 4.49. The molecule has 0 spiro atoms. The van der Waals surface area contributed by atoms with E-state index in [-0.39, 0.29) is 19.1 Å². The maximum atomic E-state index is 12.5. The normalized spacial score (nSPS) is 11.0. The van der Waals surface area contributed by atoms with Gasteiger partial charge in [0.2, 0.25) is 0 Å². The minimum atomic E-state index is -0.314. The number of hydrogen-bond donors (Lipinski definition) is 3. The fourth-order valence-electron chi connectivity index (χ4n) is 3.18. The second kappa shape index (κ2) is 7.09. The largest absolute Gasteiger partial charge is 0.497 e. The number of benzene rings is 2. The molecule has 27 heavy (non-hydrogen) atoms. The minimum Gasteiger partial charge on any atom is -0.497 e. The number of para-hydroxylation sites is 1. The van der Waals surface area contributed by atoms with Gasteiger partial charge in [-0.2, -0.15) is 0 Å². The lowest BCUT2D eigenvalue weighted by Crippen LogP contribution is -2.27. The number of pyridine rings is 1. The fraction of sp³-hybridized carbons (Fsp3) is 0.143. The standard InChI is InChI=1S/C21H19N3O3/c1-27-14-8-6-13(7-9-14)19-20-16(15-4-2-3-5-17(15)23-20)12-18(24-19)21(26)22-10-11-25/h2-9,12,23,25H,10-11H2,1H3,(H,22,26). The summed E-state index contributed by atoms with van der Waals surface area (Å²) in [6.45, 7) is 0.0662. The van der Waals surface area contributed by atoms with Crippen molar-refractivity contribution in [1.29, 1.82) is 0 Å². The SMILES string of the molecule is COc1ccc(-c2nc(C(=O)NCCO)cc3c2[nH]c2ccccc23)cc1. The minimum absolute atomic E-state index is 0.119. The molecule has 0 aliphatic rings. The maximum Gasteiger partial charge on any atom is 0.270 e. The molecule has 0 saturated heterocycles. The van der Waals surface area contributed by atoms with Crippen molar-refractivity contribution in [2.45, 2.75) is 0 Å². The Morgan fingerprint density at radius 3 is 2.67 bits per heavy atom. The number of nitrogens with zero attached hydrogens (tertiary/aromatic N) is 1. The van der Waals surface area contributed by atoms with Gasteiger partial charge in [-0.15, -0.1) is 0 Å². The lowest BCUT2D eigenvalue weighted by atomic mass is 10.1. The van der Waals surface area contributed by atoms with Gasteiger partial charge in [0.1, 0.15) is 11.4 Å². The molecular weight excluding hydrogens is 342 g/mol. The molecule has 0 aliphatic heterocycles. The molecule has 0 bridgehead atoms. The third-order valence-corrected chi connectivity index (χ3v) is 4.49. The molecule has 6 heteroatoms. The van der Waals surface area contributed by atoms with Crippen molar-refractivity contribution in [3.05, 3.63) is 60.3 Å².